The Hall–Kier alpha value is -2.61. The molecular formula is C18H16FN3O3S. The fourth-order valence-corrected chi connectivity index (χ4v) is 3.96. The standard InChI is InChI=1S/C18H16FN3O3S/c19-12-2-3-14-15(9-12)26-18(21-14)25-13-5-7-22(8-6-13)17(24)11-1-4-16(23)20-10-11/h1-4,9-11,13H,5-8H2. The summed E-state index contributed by atoms with van der Waals surface area (Å²) >= 11 is 1.32. The predicted octanol–water partition coefficient (Wildman–Crippen LogP) is 2.59. The lowest BCUT2D eigenvalue weighted by Crippen LogP contribution is -2.44. The summed E-state index contributed by atoms with van der Waals surface area (Å²) in [7, 11) is 0. The Morgan fingerprint density at radius 1 is 1.31 bits per heavy atom. The van der Waals surface area contributed by atoms with Crippen LogP contribution in [0.5, 0.6) is 5.19 Å². The van der Waals surface area contributed by atoms with Crippen molar-refractivity contribution in [3.8, 4) is 5.19 Å². The van der Waals surface area contributed by atoms with Crippen molar-refractivity contribution in [2.75, 3.05) is 13.1 Å². The third-order valence-corrected chi connectivity index (χ3v) is 5.35. The van der Waals surface area contributed by atoms with Gasteiger partial charge in [0.15, 0.2) is 0 Å². The highest BCUT2D eigenvalue weighted by Gasteiger charge is 2.28. The van der Waals surface area contributed by atoms with E-state index in [2.05, 4.69) is 9.98 Å². The summed E-state index contributed by atoms with van der Waals surface area (Å²) in [6, 6.07) is 4.47. The van der Waals surface area contributed by atoms with Crippen molar-refractivity contribution < 1.29 is 18.7 Å². The number of dihydropyridines is 1. The largest absolute Gasteiger partial charge is 0.467 e. The van der Waals surface area contributed by atoms with Crippen molar-refractivity contribution in [1.82, 2.24) is 9.88 Å². The van der Waals surface area contributed by atoms with Gasteiger partial charge in [-0.3, -0.25) is 9.59 Å². The van der Waals surface area contributed by atoms with Crippen molar-refractivity contribution in [2.45, 2.75) is 18.9 Å². The molecule has 0 spiro atoms. The summed E-state index contributed by atoms with van der Waals surface area (Å²) in [5.41, 5.74) is 0.719. The Kier molecular flexibility index (Phi) is 4.50. The number of fused-ring (bicyclic) bond motifs is 1. The molecule has 2 aliphatic rings. The monoisotopic (exact) mass is 373 g/mol. The van der Waals surface area contributed by atoms with E-state index in [-0.39, 0.29) is 23.7 Å². The van der Waals surface area contributed by atoms with Gasteiger partial charge in [0.2, 0.25) is 5.91 Å². The van der Waals surface area contributed by atoms with Crippen LogP contribution < -0.4 is 4.74 Å². The van der Waals surface area contributed by atoms with Crippen LogP contribution in [0.4, 0.5) is 4.39 Å². The minimum Gasteiger partial charge on any atom is -0.467 e. The number of aromatic nitrogens is 1. The maximum Gasteiger partial charge on any atom is 0.274 e. The van der Waals surface area contributed by atoms with E-state index < -0.39 is 5.92 Å². The van der Waals surface area contributed by atoms with E-state index >= 15 is 0 Å². The molecule has 0 bridgehead atoms. The number of benzene rings is 1. The molecule has 0 aliphatic carbocycles. The van der Waals surface area contributed by atoms with Crippen LogP contribution in [-0.2, 0) is 9.59 Å². The summed E-state index contributed by atoms with van der Waals surface area (Å²) < 4.78 is 20.0. The average molecular weight is 373 g/mol. The van der Waals surface area contributed by atoms with Crippen molar-refractivity contribution in [3.63, 3.8) is 0 Å². The first-order chi connectivity index (χ1) is 12.6. The predicted molar refractivity (Wildman–Crippen MR) is 95.9 cm³/mol. The summed E-state index contributed by atoms with van der Waals surface area (Å²) in [5.74, 6) is -1.14. The number of carbonyl (C=O) groups excluding carboxylic acids is 2. The Balaban J connectivity index is 1.34. The van der Waals surface area contributed by atoms with Crippen molar-refractivity contribution in [3.05, 3.63) is 36.2 Å². The van der Waals surface area contributed by atoms with Crippen LogP contribution in [-0.4, -0.2) is 47.1 Å². The van der Waals surface area contributed by atoms with Crippen LogP contribution in [0.3, 0.4) is 0 Å². The number of halogens is 1. The number of ether oxygens (including phenoxy) is 1. The first kappa shape index (κ1) is 16.8. The van der Waals surface area contributed by atoms with Gasteiger partial charge in [-0.25, -0.2) is 14.4 Å². The molecule has 1 fully saturated rings. The second-order valence-electron chi connectivity index (χ2n) is 6.24. The van der Waals surface area contributed by atoms with Gasteiger partial charge < -0.3 is 9.64 Å². The SMILES string of the molecule is O=C1C=CC(C(=O)N2CCC(Oc3nc4ccc(F)cc4s3)CC2)C=N1. The van der Waals surface area contributed by atoms with Gasteiger partial charge in [0.1, 0.15) is 11.9 Å². The summed E-state index contributed by atoms with van der Waals surface area (Å²) in [6.07, 6.45) is 5.68. The quantitative estimate of drug-likeness (QED) is 0.829. The van der Waals surface area contributed by atoms with Crippen LogP contribution >= 0.6 is 11.3 Å². The first-order valence-electron chi connectivity index (χ1n) is 8.36. The maximum atomic E-state index is 13.3. The van der Waals surface area contributed by atoms with Crippen molar-refractivity contribution >= 4 is 39.6 Å². The maximum absolute atomic E-state index is 13.3. The minimum absolute atomic E-state index is 0.0263. The molecule has 1 unspecified atom stereocenters. The van der Waals surface area contributed by atoms with Gasteiger partial charge in [-0.05, 0) is 18.2 Å². The lowest BCUT2D eigenvalue weighted by molar-refractivity contribution is -0.133. The van der Waals surface area contributed by atoms with Gasteiger partial charge >= 0.3 is 0 Å². The molecule has 1 aromatic heterocycles. The molecule has 0 N–H and O–H groups in total. The fraction of sp³-hybridized carbons (Fsp3) is 0.333. The highest BCUT2D eigenvalue weighted by molar-refractivity contribution is 7.20. The third-order valence-electron chi connectivity index (χ3n) is 4.45. The normalized spacial score (nSPS) is 20.7. The van der Waals surface area contributed by atoms with E-state index in [4.69, 9.17) is 4.74 Å². The van der Waals surface area contributed by atoms with E-state index in [9.17, 15) is 14.0 Å². The number of amides is 2. The zero-order valence-corrected chi connectivity index (χ0v) is 14.6. The molecule has 2 amide bonds. The number of piperidine rings is 1. The number of aliphatic imine (C=N–C) groups is 1. The molecule has 4 rings (SSSR count). The molecular weight excluding hydrogens is 357 g/mol. The smallest absolute Gasteiger partial charge is 0.274 e. The van der Waals surface area contributed by atoms with Gasteiger partial charge in [0.25, 0.3) is 11.1 Å². The van der Waals surface area contributed by atoms with E-state index in [1.807, 2.05) is 0 Å². The molecule has 6 nitrogen and oxygen atoms in total. The Bertz CT molecular complexity index is 900. The Labute approximate surface area is 153 Å². The molecule has 26 heavy (non-hydrogen) atoms. The van der Waals surface area contributed by atoms with Crippen LogP contribution in [0.25, 0.3) is 10.2 Å². The Morgan fingerprint density at radius 3 is 2.85 bits per heavy atom. The lowest BCUT2D eigenvalue weighted by Gasteiger charge is -2.32. The van der Waals surface area contributed by atoms with Gasteiger partial charge in [-0.15, -0.1) is 0 Å². The van der Waals surface area contributed by atoms with Crippen LogP contribution in [0.15, 0.2) is 35.3 Å². The molecule has 3 heterocycles. The number of nitrogens with zero attached hydrogens (tertiary/aromatic N) is 3. The third kappa shape index (κ3) is 3.50. The zero-order chi connectivity index (χ0) is 18.1. The van der Waals surface area contributed by atoms with Gasteiger partial charge in [0, 0.05) is 38.2 Å². The molecule has 1 saturated heterocycles. The Morgan fingerprint density at radius 2 is 2.12 bits per heavy atom. The number of carbonyl (C=O) groups is 2. The second-order valence-corrected chi connectivity index (χ2v) is 7.23. The summed E-state index contributed by atoms with van der Waals surface area (Å²) in [4.78, 5) is 33.3. The minimum atomic E-state index is -0.468. The summed E-state index contributed by atoms with van der Waals surface area (Å²) in [6.45, 7) is 1.16. The number of hydrogen-bond acceptors (Lipinski definition) is 5. The summed E-state index contributed by atoms with van der Waals surface area (Å²) in [5, 5.41) is 0.524. The number of likely N-dealkylation sites (tertiary alicyclic amines) is 1. The molecule has 2 aromatic rings. The van der Waals surface area contributed by atoms with Crippen LogP contribution in [0.2, 0.25) is 0 Å². The van der Waals surface area contributed by atoms with Crippen LogP contribution in [0.1, 0.15) is 12.8 Å². The van der Waals surface area contributed by atoms with Gasteiger partial charge in [-0.2, -0.15) is 0 Å². The number of hydrogen-bond donors (Lipinski definition) is 0. The van der Waals surface area contributed by atoms with E-state index in [0.29, 0.717) is 31.1 Å². The molecule has 2 aliphatic heterocycles. The molecule has 134 valence electrons. The molecule has 1 atom stereocenters. The number of rotatable bonds is 3. The van der Waals surface area contributed by atoms with Gasteiger partial charge in [-0.1, -0.05) is 17.4 Å². The first-order valence-corrected chi connectivity index (χ1v) is 9.18. The highest BCUT2D eigenvalue weighted by atomic mass is 32.1. The number of thiazole rings is 1. The average Bonchev–Trinajstić information content (AvgIpc) is 3.03. The van der Waals surface area contributed by atoms with E-state index in [0.717, 1.165) is 10.2 Å². The molecule has 0 saturated carbocycles. The lowest BCUT2D eigenvalue weighted by atomic mass is 10.0. The topological polar surface area (TPSA) is 71.9 Å². The van der Waals surface area contributed by atoms with Gasteiger partial charge in [0.05, 0.1) is 16.1 Å². The fourth-order valence-electron chi connectivity index (χ4n) is 3.05. The molecule has 1 aromatic carbocycles. The van der Waals surface area contributed by atoms with Crippen molar-refractivity contribution in [2.24, 2.45) is 10.9 Å². The van der Waals surface area contributed by atoms with Crippen molar-refractivity contribution in [1.29, 1.82) is 0 Å². The van der Waals surface area contributed by atoms with E-state index in [1.54, 1.807) is 17.0 Å². The highest BCUT2D eigenvalue weighted by Crippen LogP contribution is 2.30. The van der Waals surface area contributed by atoms with Crippen LogP contribution in [0, 0.1) is 11.7 Å². The molecule has 8 heteroatoms. The van der Waals surface area contributed by atoms with E-state index in [1.165, 1.54) is 35.8 Å². The zero-order valence-electron chi connectivity index (χ0n) is 13.8. The second kappa shape index (κ2) is 6.95. The molecule has 0 radical (unpaired) electrons.